The third-order valence-electron chi connectivity index (χ3n) is 4.24. The highest BCUT2D eigenvalue weighted by molar-refractivity contribution is 8.00. The molecule has 2 unspecified atom stereocenters. The van der Waals surface area contributed by atoms with E-state index in [1.807, 2.05) is 0 Å². The van der Waals surface area contributed by atoms with Crippen LogP contribution in [-0.2, 0) is 0 Å². The van der Waals surface area contributed by atoms with Crippen molar-refractivity contribution in [2.75, 3.05) is 25.4 Å². The molecule has 0 aromatic rings. The highest BCUT2D eigenvalue weighted by Crippen LogP contribution is 2.39. The van der Waals surface area contributed by atoms with Crippen molar-refractivity contribution in [3.63, 3.8) is 0 Å². The van der Waals surface area contributed by atoms with Gasteiger partial charge < -0.3 is 5.32 Å². The minimum absolute atomic E-state index is 0.283. The van der Waals surface area contributed by atoms with Gasteiger partial charge in [-0.2, -0.15) is 11.8 Å². The molecule has 2 atom stereocenters. The summed E-state index contributed by atoms with van der Waals surface area (Å²) in [5.74, 6) is 1.36. The van der Waals surface area contributed by atoms with Crippen LogP contribution in [-0.4, -0.2) is 46.6 Å². The smallest absolute Gasteiger partial charge is 0.0259 e. The summed E-state index contributed by atoms with van der Waals surface area (Å²) in [6.07, 6.45) is 4.08. The quantitative estimate of drug-likeness (QED) is 0.836. The van der Waals surface area contributed by atoms with E-state index in [2.05, 4.69) is 49.7 Å². The largest absolute Gasteiger partial charge is 0.309 e. The van der Waals surface area contributed by atoms with Gasteiger partial charge in [-0.25, -0.2) is 0 Å². The molecule has 0 radical (unpaired) electrons. The minimum Gasteiger partial charge on any atom is -0.309 e. The van der Waals surface area contributed by atoms with Gasteiger partial charge in [-0.3, -0.25) is 4.90 Å². The van der Waals surface area contributed by atoms with Crippen molar-refractivity contribution in [3.8, 4) is 0 Å². The van der Waals surface area contributed by atoms with Gasteiger partial charge in [0.15, 0.2) is 0 Å². The van der Waals surface area contributed by atoms with Crippen molar-refractivity contribution in [1.29, 1.82) is 0 Å². The topological polar surface area (TPSA) is 15.3 Å². The molecule has 2 saturated heterocycles. The van der Waals surface area contributed by atoms with Crippen LogP contribution in [0, 0.1) is 0 Å². The fraction of sp³-hybridized carbons (Fsp3) is 1.00. The van der Waals surface area contributed by atoms with Gasteiger partial charge in [0.05, 0.1) is 0 Å². The van der Waals surface area contributed by atoms with Crippen LogP contribution < -0.4 is 5.32 Å². The van der Waals surface area contributed by atoms with Gasteiger partial charge in [0, 0.05) is 36.0 Å². The van der Waals surface area contributed by atoms with Gasteiger partial charge in [-0.1, -0.05) is 6.92 Å². The molecule has 2 heterocycles. The normalized spacial score (nSPS) is 38.5. The monoisotopic (exact) mass is 256 g/mol. The van der Waals surface area contributed by atoms with Crippen LogP contribution in [0.3, 0.4) is 0 Å². The van der Waals surface area contributed by atoms with Gasteiger partial charge in [-0.05, 0) is 45.8 Å². The van der Waals surface area contributed by atoms with Crippen LogP contribution in [0.4, 0.5) is 0 Å². The van der Waals surface area contributed by atoms with Gasteiger partial charge >= 0.3 is 0 Å². The van der Waals surface area contributed by atoms with Gasteiger partial charge in [-0.15, -0.1) is 0 Å². The first-order valence-corrected chi connectivity index (χ1v) is 8.06. The van der Waals surface area contributed by atoms with E-state index >= 15 is 0 Å². The average molecular weight is 256 g/mol. The molecular formula is C14H28N2S. The highest BCUT2D eigenvalue weighted by atomic mass is 32.2. The van der Waals surface area contributed by atoms with Crippen molar-refractivity contribution in [2.45, 2.75) is 63.3 Å². The van der Waals surface area contributed by atoms with Gasteiger partial charge in [0.1, 0.15) is 0 Å². The van der Waals surface area contributed by atoms with Gasteiger partial charge in [0.25, 0.3) is 0 Å². The Kier molecular flexibility index (Phi) is 4.11. The molecule has 0 spiro atoms. The van der Waals surface area contributed by atoms with E-state index in [-0.39, 0.29) is 5.54 Å². The predicted octanol–water partition coefficient (Wildman–Crippen LogP) is 2.73. The molecule has 2 nitrogen and oxygen atoms in total. The third kappa shape index (κ3) is 3.39. The second kappa shape index (κ2) is 5.10. The number of hydrogen-bond donors (Lipinski definition) is 1. The lowest BCUT2D eigenvalue weighted by Gasteiger charge is -2.47. The summed E-state index contributed by atoms with van der Waals surface area (Å²) in [6.45, 7) is 13.1. The number of rotatable bonds is 3. The summed E-state index contributed by atoms with van der Waals surface area (Å²) in [7, 11) is 0. The lowest BCUT2D eigenvalue weighted by atomic mass is 9.95. The number of nitrogens with one attached hydrogen (secondary N) is 1. The molecule has 0 aromatic heterocycles. The lowest BCUT2D eigenvalue weighted by molar-refractivity contribution is 0.0840. The number of hydrogen-bond acceptors (Lipinski definition) is 3. The maximum absolute atomic E-state index is 3.68. The second-order valence-corrected chi connectivity index (χ2v) is 8.32. The Bertz CT molecular complexity index is 259. The Labute approximate surface area is 111 Å². The molecular weight excluding hydrogens is 228 g/mol. The maximum Gasteiger partial charge on any atom is 0.0259 e. The molecule has 2 aliphatic rings. The second-order valence-electron chi connectivity index (χ2n) is 6.63. The zero-order valence-corrected chi connectivity index (χ0v) is 12.7. The fourth-order valence-electron chi connectivity index (χ4n) is 3.19. The molecule has 3 heteroatoms. The molecule has 0 aliphatic carbocycles. The molecule has 17 heavy (non-hydrogen) atoms. The van der Waals surface area contributed by atoms with Crippen molar-refractivity contribution < 1.29 is 0 Å². The summed E-state index contributed by atoms with van der Waals surface area (Å²) in [5, 5.41) is 3.68. The molecule has 0 bridgehead atoms. The number of thioether (sulfide) groups is 1. The summed E-state index contributed by atoms with van der Waals surface area (Å²) in [5.41, 5.74) is 0.283. The first-order chi connectivity index (χ1) is 7.94. The van der Waals surface area contributed by atoms with E-state index < -0.39 is 0 Å². The standard InChI is InChI=1S/C14H28N2S/c1-5-12-9-15-13(2,3)10-16(12)11-14(4)7-6-8-17-14/h12,15H,5-11H2,1-4H3. The van der Waals surface area contributed by atoms with E-state index in [1.54, 1.807) is 0 Å². The zero-order valence-electron chi connectivity index (χ0n) is 11.9. The summed E-state index contributed by atoms with van der Waals surface area (Å²) in [4.78, 5) is 2.74. The van der Waals surface area contributed by atoms with Crippen LogP contribution >= 0.6 is 11.8 Å². The zero-order chi connectivity index (χ0) is 12.5. The van der Waals surface area contributed by atoms with Crippen LogP contribution in [0.1, 0.15) is 47.0 Å². The molecule has 0 saturated carbocycles. The van der Waals surface area contributed by atoms with E-state index in [9.17, 15) is 0 Å². The third-order valence-corrected chi connectivity index (χ3v) is 5.76. The Morgan fingerprint density at radius 2 is 2.12 bits per heavy atom. The van der Waals surface area contributed by atoms with E-state index in [0.717, 1.165) is 12.6 Å². The van der Waals surface area contributed by atoms with Crippen molar-refractivity contribution in [1.82, 2.24) is 10.2 Å². The van der Waals surface area contributed by atoms with Crippen molar-refractivity contribution in [2.24, 2.45) is 0 Å². The molecule has 0 aromatic carbocycles. The van der Waals surface area contributed by atoms with E-state index in [1.165, 1.54) is 38.1 Å². The molecule has 2 fully saturated rings. The minimum atomic E-state index is 0.283. The number of piperazine rings is 1. The Balaban J connectivity index is 2.00. The fourth-order valence-corrected chi connectivity index (χ4v) is 4.52. The van der Waals surface area contributed by atoms with Crippen LogP contribution in [0.5, 0.6) is 0 Å². The summed E-state index contributed by atoms with van der Waals surface area (Å²) in [6, 6.07) is 0.737. The highest BCUT2D eigenvalue weighted by Gasteiger charge is 2.37. The van der Waals surface area contributed by atoms with Crippen LogP contribution in [0.25, 0.3) is 0 Å². The van der Waals surface area contributed by atoms with Crippen molar-refractivity contribution >= 4 is 11.8 Å². The molecule has 2 rings (SSSR count). The number of nitrogens with zero attached hydrogens (tertiary/aromatic N) is 1. The predicted molar refractivity (Wildman–Crippen MR) is 77.8 cm³/mol. The molecule has 100 valence electrons. The molecule has 0 amide bonds. The summed E-state index contributed by atoms with van der Waals surface area (Å²) >= 11 is 2.19. The van der Waals surface area contributed by atoms with Gasteiger partial charge in [0.2, 0.25) is 0 Å². The van der Waals surface area contributed by atoms with E-state index in [4.69, 9.17) is 0 Å². The van der Waals surface area contributed by atoms with Crippen molar-refractivity contribution in [3.05, 3.63) is 0 Å². The Morgan fingerprint density at radius 1 is 1.35 bits per heavy atom. The molecule has 1 N–H and O–H groups in total. The lowest BCUT2D eigenvalue weighted by Crippen LogP contribution is -2.63. The SMILES string of the molecule is CCC1CNC(C)(C)CN1CC1(C)CCCS1. The van der Waals surface area contributed by atoms with Crippen LogP contribution in [0.15, 0.2) is 0 Å². The first kappa shape index (κ1) is 13.7. The summed E-state index contributed by atoms with van der Waals surface area (Å²) < 4.78 is 0.515. The molecule has 2 aliphatic heterocycles. The average Bonchev–Trinajstić information content (AvgIpc) is 2.64. The Morgan fingerprint density at radius 3 is 2.71 bits per heavy atom. The first-order valence-electron chi connectivity index (χ1n) is 7.07. The van der Waals surface area contributed by atoms with Crippen LogP contribution in [0.2, 0.25) is 0 Å². The maximum atomic E-state index is 3.68. The Hall–Kier alpha value is 0.270. The van der Waals surface area contributed by atoms with E-state index in [0.29, 0.717) is 4.75 Å².